The topological polar surface area (TPSA) is 29.9 Å². The lowest BCUT2D eigenvalue weighted by molar-refractivity contribution is -0.139. The number of imidazole rings is 1. The molecule has 0 saturated heterocycles. The largest absolute Gasteiger partial charge is 0.419 e. The number of alkyl halides is 3. The van der Waals surface area contributed by atoms with Crippen molar-refractivity contribution in [1.82, 2.24) is 9.66 Å². The molecule has 0 aliphatic heterocycles. The maximum Gasteiger partial charge on any atom is 0.419 e. The van der Waals surface area contributed by atoms with Crippen LogP contribution < -0.4 is 5.43 Å². The molecule has 1 aromatic heterocycles. The highest BCUT2D eigenvalue weighted by molar-refractivity contribution is 5.77. The van der Waals surface area contributed by atoms with Crippen molar-refractivity contribution < 1.29 is 17.6 Å². The van der Waals surface area contributed by atoms with Crippen LogP contribution in [-0.4, -0.2) is 9.66 Å². The van der Waals surface area contributed by atoms with E-state index in [1.165, 1.54) is 10.7 Å². The summed E-state index contributed by atoms with van der Waals surface area (Å²) in [6, 6.07) is 11.2. The van der Waals surface area contributed by atoms with Crippen LogP contribution in [0.4, 0.5) is 17.6 Å². The minimum atomic E-state index is -4.75. The van der Waals surface area contributed by atoms with Crippen LogP contribution in [-0.2, 0) is 12.7 Å². The van der Waals surface area contributed by atoms with Crippen LogP contribution in [0, 0.1) is 12.1 Å². The summed E-state index contributed by atoms with van der Waals surface area (Å²) in [5.74, 6) is -1.39. The smallest absolute Gasteiger partial charge is 0.319 e. The standard InChI is InChI=1S/C15H10F4N3/c16-13-11(15(17,18)19)6-7-12-14(13)20-9-22(12)21-8-10-4-2-1-3-5-10/h1-7,21H,8H2. The van der Waals surface area contributed by atoms with Gasteiger partial charge in [0.15, 0.2) is 12.1 Å². The Morgan fingerprint density at radius 3 is 2.50 bits per heavy atom. The highest BCUT2D eigenvalue weighted by atomic mass is 19.4. The van der Waals surface area contributed by atoms with E-state index >= 15 is 0 Å². The summed E-state index contributed by atoms with van der Waals surface area (Å²) < 4.78 is 53.1. The normalized spacial score (nSPS) is 11.8. The van der Waals surface area contributed by atoms with Crippen LogP contribution in [0.15, 0.2) is 42.5 Å². The van der Waals surface area contributed by atoms with Gasteiger partial charge in [-0.05, 0) is 17.7 Å². The van der Waals surface area contributed by atoms with Gasteiger partial charge in [0.05, 0.1) is 17.6 Å². The van der Waals surface area contributed by atoms with Gasteiger partial charge in [0, 0.05) is 0 Å². The fourth-order valence-electron chi connectivity index (χ4n) is 2.10. The number of hydrogen-bond acceptors (Lipinski definition) is 2. The van der Waals surface area contributed by atoms with Gasteiger partial charge in [0.1, 0.15) is 5.52 Å². The summed E-state index contributed by atoms with van der Waals surface area (Å²) in [7, 11) is 0. The van der Waals surface area contributed by atoms with Crippen LogP contribution in [0.1, 0.15) is 11.1 Å². The van der Waals surface area contributed by atoms with Gasteiger partial charge in [-0.1, -0.05) is 30.3 Å². The lowest BCUT2D eigenvalue weighted by Gasteiger charge is -2.10. The van der Waals surface area contributed by atoms with Crippen molar-refractivity contribution in [2.24, 2.45) is 0 Å². The van der Waals surface area contributed by atoms with Crippen molar-refractivity contribution in [2.45, 2.75) is 12.7 Å². The van der Waals surface area contributed by atoms with E-state index in [0.29, 0.717) is 12.6 Å². The number of halogens is 4. The SMILES string of the molecule is Fc1c(C(F)(F)F)ccc2c1n[c]n2NCc1ccccc1. The van der Waals surface area contributed by atoms with Crippen molar-refractivity contribution in [2.75, 3.05) is 5.43 Å². The Kier molecular flexibility index (Phi) is 3.48. The Morgan fingerprint density at radius 2 is 1.82 bits per heavy atom. The van der Waals surface area contributed by atoms with Crippen molar-refractivity contribution in [3.63, 3.8) is 0 Å². The zero-order chi connectivity index (χ0) is 15.7. The number of hydrogen-bond donors (Lipinski definition) is 1. The lowest BCUT2D eigenvalue weighted by Crippen LogP contribution is -2.14. The third-order valence-electron chi connectivity index (χ3n) is 3.19. The molecule has 1 heterocycles. The average molecular weight is 308 g/mol. The first-order chi connectivity index (χ1) is 10.5. The second-order valence-electron chi connectivity index (χ2n) is 4.66. The number of benzene rings is 2. The zero-order valence-corrected chi connectivity index (χ0v) is 11.2. The van der Waals surface area contributed by atoms with Gasteiger partial charge in [-0.3, -0.25) is 0 Å². The van der Waals surface area contributed by atoms with Crippen molar-refractivity contribution in [3.05, 3.63) is 65.7 Å². The van der Waals surface area contributed by atoms with Crippen LogP contribution in [0.5, 0.6) is 0 Å². The first-order valence-electron chi connectivity index (χ1n) is 6.40. The molecule has 0 atom stereocenters. The van der Waals surface area contributed by atoms with E-state index in [1.54, 1.807) is 0 Å². The Morgan fingerprint density at radius 1 is 1.09 bits per heavy atom. The van der Waals surface area contributed by atoms with E-state index in [0.717, 1.165) is 5.56 Å². The average Bonchev–Trinajstić information content (AvgIpc) is 2.89. The molecule has 0 saturated carbocycles. The fourth-order valence-corrected chi connectivity index (χ4v) is 2.10. The summed E-state index contributed by atoms with van der Waals surface area (Å²) in [6.07, 6.45) is -2.30. The van der Waals surface area contributed by atoms with Gasteiger partial charge in [0.2, 0.25) is 0 Å². The highest BCUT2D eigenvalue weighted by Crippen LogP contribution is 2.33. The predicted octanol–water partition coefficient (Wildman–Crippen LogP) is 3.74. The third kappa shape index (κ3) is 2.61. The van der Waals surface area contributed by atoms with E-state index in [9.17, 15) is 17.6 Å². The third-order valence-corrected chi connectivity index (χ3v) is 3.19. The molecule has 0 spiro atoms. The molecule has 1 radical (unpaired) electrons. The van der Waals surface area contributed by atoms with E-state index in [-0.39, 0.29) is 11.0 Å². The van der Waals surface area contributed by atoms with E-state index in [4.69, 9.17) is 0 Å². The lowest BCUT2D eigenvalue weighted by atomic mass is 10.2. The molecule has 3 rings (SSSR count). The Bertz CT molecular complexity index is 794. The van der Waals surface area contributed by atoms with Crippen molar-refractivity contribution in [1.29, 1.82) is 0 Å². The number of nitrogens with zero attached hydrogens (tertiary/aromatic N) is 2. The molecular formula is C15H10F4N3. The summed E-state index contributed by atoms with van der Waals surface area (Å²) in [5, 5.41) is 0. The fraction of sp³-hybridized carbons (Fsp3) is 0.133. The second kappa shape index (κ2) is 5.32. The quantitative estimate of drug-likeness (QED) is 0.747. The first kappa shape index (κ1) is 14.4. The first-order valence-corrected chi connectivity index (χ1v) is 6.40. The molecule has 0 aliphatic carbocycles. The Labute approximate surface area is 123 Å². The minimum Gasteiger partial charge on any atom is -0.319 e. The number of fused-ring (bicyclic) bond motifs is 1. The van der Waals surface area contributed by atoms with Crippen LogP contribution >= 0.6 is 0 Å². The predicted molar refractivity (Wildman–Crippen MR) is 73.0 cm³/mol. The number of nitrogens with one attached hydrogen (secondary N) is 1. The molecule has 0 unspecified atom stereocenters. The van der Waals surface area contributed by atoms with Crippen molar-refractivity contribution >= 4 is 11.0 Å². The van der Waals surface area contributed by atoms with Gasteiger partial charge >= 0.3 is 6.18 Å². The number of aromatic nitrogens is 2. The monoisotopic (exact) mass is 308 g/mol. The molecule has 22 heavy (non-hydrogen) atoms. The van der Waals surface area contributed by atoms with E-state index < -0.39 is 17.6 Å². The van der Waals surface area contributed by atoms with Crippen LogP contribution in [0.2, 0.25) is 0 Å². The van der Waals surface area contributed by atoms with Gasteiger partial charge < -0.3 is 5.43 Å². The van der Waals surface area contributed by atoms with Gasteiger partial charge in [0.25, 0.3) is 0 Å². The highest BCUT2D eigenvalue weighted by Gasteiger charge is 2.35. The van der Waals surface area contributed by atoms with E-state index in [2.05, 4.69) is 16.7 Å². The second-order valence-corrected chi connectivity index (χ2v) is 4.66. The van der Waals surface area contributed by atoms with E-state index in [1.807, 2.05) is 30.3 Å². The zero-order valence-electron chi connectivity index (χ0n) is 11.2. The van der Waals surface area contributed by atoms with Gasteiger partial charge in [-0.15, -0.1) is 0 Å². The molecule has 0 amide bonds. The molecule has 0 fully saturated rings. The van der Waals surface area contributed by atoms with Crippen molar-refractivity contribution in [3.8, 4) is 0 Å². The molecule has 7 heteroatoms. The molecule has 0 aliphatic rings. The molecule has 3 aromatic rings. The molecule has 3 nitrogen and oxygen atoms in total. The molecule has 113 valence electrons. The summed E-state index contributed by atoms with van der Waals surface area (Å²) >= 11 is 0. The summed E-state index contributed by atoms with van der Waals surface area (Å²) in [5.41, 5.74) is 2.38. The molecule has 0 bridgehead atoms. The Hall–Kier alpha value is -2.57. The molecular weight excluding hydrogens is 298 g/mol. The minimum absolute atomic E-state index is 0.196. The Balaban J connectivity index is 1.91. The molecule has 1 N–H and O–H groups in total. The maximum atomic E-state index is 13.9. The van der Waals surface area contributed by atoms with Gasteiger partial charge in [-0.25, -0.2) is 14.1 Å². The number of rotatable bonds is 3. The van der Waals surface area contributed by atoms with Crippen LogP contribution in [0.3, 0.4) is 0 Å². The molecule has 2 aromatic carbocycles. The summed E-state index contributed by atoms with van der Waals surface area (Å²) in [6.45, 7) is 0.408. The van der Waals surface area contributed by atoms with Gasteiger partial charge in [-0.2, -0.15) is 13.2 Å². The maximum absolute atomic E-state index is 13.9. The summed E-state index contributed by atoms with van der Waals surface area (Å²) in [4.78, 5) is 3.61. The van der Waals surface area contributed by atoms with Crippen LogP contribution in [0.25, 0.3) is 11.0 Å².